The van der Waals surface area contributed by atoms with E-state index in [0.29, 0.717) is 24.6 Å². The molecule has 1 aliphatic carbocycles. The molecule has 0 spiro atoms. The number of nitrogens with zero attached hydrogens (tertiary/aromatic N) is 1. The van der Waals surface area contributed by atoms with Crippen molar-refractivity contribution in [2.24, 2.45) is 5.92 Å². The van der Waals surface area contributed by atoms with Crippen LogP contribution < -0.4 is 0 Å². The van der Waals surface area contributed by atoms with Crippen LogP contribution in [0.4, 0.5) is 0 Å². The van der Waals surface area contributed by atoms with Gasteiger partial charge >= 0.3 is 5.97 Å². The molecule has 4 nitrogen and oxygen atoms in total. The Bertz CT molecular complexity index is 524. The molecule has 1 saturated heterocycles. The standard InChI is InChI=1S/C15H16BrNO3/c16-12-3-1-11(2-4-12)15(19)20-9-10-7-14(18)17(8-10)13-5-6-13/h1-4,10,13H,5-9H2. The summed E-state index contributed by atoms with van der Waals surface area (Å²) in [6.45, 7) is 1.06. The lowest BCUT2D eigenvalue weighted by molar-refractivity contribution is -0.128. The van der Waals surface area contributed by atoms with Gasteiger partial charge in [-0.1, -0.05) is 15.9 Å². The molecule has 1 saturated carbocycles. The number of hydrogen-bond donors (Lipinski definition) is 0. The molecule has 3 rings (SSSR count). The molecule has 1 amide bonds. The number of ether oxygens (including phenoxy) is 1. The smallest absolute Gasteiger partial charge is 0.338 e. The molecule has 1 aromatic rings. The molecular formula is C15H16BrNO3. The topological polar surface area (TPSA) is 46.6 Å². The van der Waals surface area contributed by atoms with Crippen molar-refractivity contribution < 1.29 is 14.3 Å². The van der Waals surface area contributed by atoms with E-state index in [1.54, 1.807) is 12.1 Å². The second-order valence-electron chi connectivity index (χ2n) is 5.45. The number of carbonyl (C=O) groups is 2. The van der Waals surface area contributed by atoms with E-state index in [4.69, 9.17) is 4.74 Å². The molecule has 0 N–H and O–H groups in total. The summed E-state index contributed by atoms with van der Waals surface area (Å²) < 4.78 is 6.24. The Kier molecular flexibility index (Phi) is 3.78. The molecule has 2 aliphatic rings. The van der Waals surface area contributed by atoms with E-state index in [2.05, 4.69) is 15.9 Å². The predicted octanol–water partition coefficient (Wildman–Crippen LogP) is 2.62. The minimum Gasteiger partial charge on any atom is -0.462 e. The Balaban J connectivity index is 1.51. The van der Waals surface area contributed by atoms with Gasteiger partial charge in [0.05, 0.1) is 12.2 Å². The maximum absolute atomic E-state index is 11.9. The van der Waals surface area contributed by atoms with E-state index in [-0.39, 0.29) is 17.8 Å². The number of hydrogen-bond acceptors (Lipinski definition) is 3. The second kappa shape index (κ2) is 5.56. The monoisotopic (exact) mass is 337 g/mol. The van der Waals surface area contributed by atoms with Gasteiger partial charge in [0.2, 0.25) is 5.91 Å². The second-order valence-corrected chi connectivity index (χ2v) is 6.37. The van der Waals surface area contributed by atoms with E-state index in [1.165, 1.54) is 0 Å². The Hall–Kier alpha value is -1.36. The van der Waals surface area contributed by atoms with Gasteiger partial charge in [0.15, 0.2) is 0 Å². The van der Waals surface area contributed by atoms with Gasteiger partial charge in [0.25, 0.3) is 0 Å². The molecule has 1 aromatic carbocycles. The highest BCUT2D eigenvalue weighted by atomic mass is 79.9. The minimum absolute atomic E-state index is 0.141. The first-order valence-electron chi connectivity index (χ1n) is 6.85. The molecule has 5 heteroatoms. The first-order chi connectivity index (χ1) is 9.63. The van der Waals surface area contributed by atoms with Gasteiger partial charge in [0.1, 0.15) is 0 Å². The number of rotatable bonds is 4. The summed E-state index contributed by atoms with van der Waals surface area (Å²) in [6, 6.07) is 7.52. The summed E-state index contributed by atoms with van der Waals surface area (Å²) in [4.78, 5) is 25.6. The van der Waals surface area contributed by atoms with E-state index in [0.717, 1.165) is 23.9 Å². The number of halogens is 1. The minimum atomic E-state index is -0.324. The van der Waals surface area contributed by atoms with Crippen LogP contribution in [0.2, 0.25) is 0 Å². The summed E-state index contributed by atoms with van der Waals surface area (Å²) in [5.41, 5.74) is 0.538. The molecule has 1 unspecified atom stereocenters. The molecule has 0 aromatic heterocycles. The summed E-state index contributed by atoms with van der Waals surface area (Å²) >= 11 is 3.32. The Labute approximate surface area is 126 Å². The fourth-order valence-corrected chi connectivity index (χ4v) is 2.79. The molecule has 1 aliphatic heterocycles. The zero-order valence-electron chi connectivity index (χ0n) is 11.0. The number of carbonyl (C=O) groups excluding carboxylic acids is 2. The average Bonchev–Trinajstić information content (AvgIpc) is 3.21. The van der Waals surface area contributed by atoms with Crippen molar-refractivity contribution in [2.75, 3.05) is 13.2 Å². The molecule has 106 valence electrons. The molecule has 0 bridgehead atoms. The highest BCUT2D eigenvalue weighted by Gasteiger charge is 2.39. The van der Waals surface area contributed by atoms with Crippen molar-refractivity contribution in [1.29, 1.82) is 0 Å². The third kappa shape index (κ3) is 3.03. The molecule has 20 heavy (non-hydrogen) atoms. The van der Waals surface area contributed by atoms with Crippen LogP contribution in [0.25, 0.3) is 0 Å². The van der Waals surface area contributed by atoms with Gasteiger partial charge in [-0.25, -0.2) is 4.79 Å². The number of esters is 1. The van der Waals surface area contributed by atoms with Crippen LogP contribution in [-0.2, 0) is 9.53 Å². The van der Waals surface area contributed by atoms with Crippen LogP contribution >= 0.6 is 15.9 Å². The summed E-state index contributed by atoms with van der Waals surface area (Å²) in [6.07, 6.45) is 2.75. The third-order valence-corrected chi connectivity index (χ3v) is 4.28. The van der Waals surface area contributed by atoms with Gasteiger partial charge in [-0.05, 0) is 37.1 Å². The van der Waals surface area contributed by atoms with Crippen LogP contribution in [0.1, 0.15) is 29.6 Å². The van der Waals surface area contributed by atoms with Gasteiger partial charge in [-0.2, -0.15) is 0 Å². The number of benzene rings is 1. The number of likely N-dealkylation sites (tertiary alicyclic amines) is 1. The average molecular weight is 338 g/mol. The first kappa shape index (κ1) is 13.6. The SMILES string of the molecule is O=C(OCC1CC(=O)N(C2CC2)C1)c1ccc(Br)cc1. The van der Waals surface area contributed by atoms with Crippen LogP contribution in [0.3, 0.4) is 0 Å². The van der Waals surface area contributed by atoms with Crippen LogP contribution in [0.5, 0.6) is 0 Å². The van der Waals surface area contributed by atoms with Crippen LogP contribution in [0.15, 0.2) is 28.7 Å². The van der Waals surface area contributed by atoms with E-state index >= 15 is 0 Å². The number of amides is 1. The first-order valence-corrected chi connectivity index (χ1v) is 7.65. The maximum atomic E-state index is 11.9. The Morgan fingerprint density at radius 1 is 1.30 bits per heavy atom. The summed E-state index contributed by atoms with van der Waals surface area (Å²) in [5.74, 6) is 0.0227. The molecule has 1 atom stereocenters. The molecular weight excluding hydrogens is 322 g/mol. The Morgan fingerprint density at radius 3 is 2.65 bits per heavy atom. The van der Waals surface area contributed by atoms with E-state index in [9.17, 15) is 9.59 Å². The van der Waals surface area contributed by atoms with Gasteiger partial charge in [-0.3, -0.25) is 4.79 Å². The van der Waals surface area contributed by atoms with Crippen molar-refractivity contribution in [3.63, 3.8) is 0 Å². The summed E-state index contributed by atoms with van der Waals surface area (Å²) in [7, 11) is 0. The maximum Gasteiger partial charge on any atom is 0.338 e. The van der Waals surface area contributed by atoms with Crippen LogP contribution in [0, 0.1) is 5.92 Å². The fraction of sp³-hybridized carbons (Fsp3) is 0.467. The van der Waals surface area contributed by atoms with E-state index < -0.39 is 0 Å². The highest BCUT2D eigenvalue weighted by Crippen LogP contribution is 2.32. The van der Waals surface area contributed by atoms with Crippen molar-refractivity contribution >= 4 is 27.8 Å². The predicted molar refractivity (Wildman–Crippen MR) is 77.3 cm³/mol. The third-order valence-electron chi connectivity index (χ3n) is 3.76. The lowest BCUT2D eigenvalue weighted by Gasteiger charge is -2.15. The van der Waals surface area contributed by atoms with E-state index in [1.807, 2.05) is 17.0 Å². The Morgan fingerprint density at radius 2 is 2.00 bits per heavy atom. The van der Waals surface area contributed by atoms with Gasteiger partial charge in [0, 0.05) is 29.4 Å². The van der Waals surface area contributed by atoms with Gasteiger partial charge in [-0.15, -0.1) is 0 Å². The quantitative estimate of drug-likeness (QED) is 0.793. The molecule has 1 heterocycles. The van der Waals surface area contributed by atoms with Crippen LogP contribution in [-0.4, -0.2) is 36.0 Å². The lowest BCUT2D eigenvalue weighted by atomic mass is 10.1. The zero-order chi connectivity index (χ0) is 14.1. The van der Waals surface area contributed by atoms with Crippen molar-refractivity contribution in [2.45, 2.75) is 25.3 Å². The summed E-state index contributed by atoms with van der Waals surface area (Å²) in [5, 5.41) is 0. The lowest BCUT2D eigenvalue weighted by Crippen LogP contribution is -2.27. The zero-order valence-corrected chi connectivity index (χ0v) is 12.6. The highest BCUT2D eigenvalue weighted by molar-refractivity contribution is 9.10. The normalized spacial score (nSPS) is 22.1. The van der Waals surface area contributed by atoms with Crippen molar-refractivity contribution in [3.8, 4) is 0 Å². The largest absolute Gasteiger partial charge is 0.462 e. The van der Waals surface area contributed by atoms with Crippen molar-refractivity contribution in [1.82, 2.24) is 4.90 Å². The van der Waals surface area contributed by atoms with Crippen molar-refractivity contribution in [3.05, 3.63) is 34.3 Å². The molecule has 2 fully saturated rings. The molecule has 0 radical (unpaired) electrons. The fourth-order valence-electron chi connectivity index (χ4n) is 2.52. The van der Waals surface area contributed by atoms with Gasteiger partial charge < -0.3 is 9.64 Å².